The van der Waals surface area contributed by atoms with Crippen LogP contribution in [0.1, 0.15) is 51.0 Å². The van der Waals surface area contributed by atoms with Crippen LogP contribution < -0.4 is 16.3 Å². The first kappa shape index (κ1) is 18.7. The normalized spacial score (nSPS) is 17.5. The summed E-state index contributed by atoms with van der Waals surface area (Å²) in [5.41, 5.74) is 0.531. The third-order valence-electron chi connectivity index (χ3n) is 5.43. The van der Waals surface area contributed by atoms with Gasteiger partial charge in [0.15, 0.2) is 5.82 Å². The largest absolute Gasteiger partial charge is 0.346 e. The van der Waals surface area contributed by atoms with Crippen LogP contribution in [0.5, 0.6) is 0 Å². The molecular formula is C20H26FN5O2. The first-order chi connectivity index (χ1) is 13.6. The van der Waals surface area contributed by atoms with Gasteiger partial charge in [-0.3, -0.25) is 4.57 Å². The Morgan fingerprint density at radius 3 is 2.50 bits per heavy atom. The molecule has 2 aliphatic rings. The molecule has 150 valence electrons. The second kappa shape index (κ2) is 8.16. The predicted molar refractivity (Wildman–Crippen MR) is 104 cm³/mol. The highest BCUT2D eigenvalue weighted by Crippen LogP contribution is 2.36. The lowest BCUT2D eigenvalue weighted by atomic mass is 9.96. The van der Waals surface area contributed by atoms with Crippen molar-refractivity contribution in [3.8, 4) is 11.4 Å². The Morgan fingerprint density at radius 2 is 1.82 bits per heavy atom. The summed E-state index contributed by atoms with van der Waals surface area (Å²) >= 11 is 0. The zero-order chi connectivity index (χ0) is 19.5. The summed E-state index contributed by atoms with van der Waals surface area (Å²) in [7, 11) is 0. The van der Waals surface area contributed by atoms with Crippen molar-refractivity contribution in [3.63, 3.8) is 0 Å². The summed E-state index contributed by atoms with van der Waals surface area (Å²) in [5, 5.41) is 10.3. The first-order valence-electron chi connectivity index (χ1n) is 10.1. The molecule has 0 aliphatic heterocycles. The van der Waals surface area contributed by atoms with E-state index in [0.717, 1.165) is 38.5 Å². The highest BCUT2D eigenvalue weighted by Gasteiger charge is 2.30. The number of rotatable bonds is 6. The Hall–Kier alpha value is -2.64. The van der Waals surface area contributed by atoms with E-state index in [9.17, 15) is 14.0 Å². The van der Waals surface area contributed by atoms with Gasteiger partial charge < -0.3 is 10.6 Å². The van der Waals surface area contributed by atoms with Crippen molar-refractivity contribution in [2.45, 2.75) is 63.6 Å². The van der Waals surface area contributed by atoms with Crippen LogP contribution in [0.4, 0.5) is 9.18 Å². The van der Waals surface area contributed by atoms with E-state index in [1.54, 1.807) is 16.7 Å². The lowest BCUT2D eigenvalue weighted by molar-refractivity contribution is 0.232. The summed E-state index contributed by atoms with van der Waals surface area (Å²) < 4.78 is 16.3. The topological polar surface area (TPSA) is 81.0 Å². The molecule has 2 saturated carbocycles. The number of carbonyl (C=O) groups is 1. The van der Waals surface area contributed by atoms with E-state index in [2.05, 4.69) is 15.7 Å². The number of urea groups is 1. The summed E-state index contributed by atoms with van der Waals surface area (Å²) in [4.78, 5) is 24.8. The molecule has 2 aromatic rings. The molecule has 8 heteroatoms. The number of halogens is 1. The second-order valence-electron chi connectivity index (χ2n) is 7.67. The molecule has 7 nitrogen and oxygen atoms in total. The van der Waals surface area contributed by atoms with Gasteiger partial charge in [-0.2, -0.15) is 0 Å². The van der Waals surface area contributed by atoms with Crippen molar-refractivity contribution in [3.05, 3.63) is 40.6 Å². The molecular weight excluding hydrogens is 361 g/mol. The Morgan fingerprint density at radius 1 is 1.11 bits per heavy atom. The quantitative estimate of drug-likeness (QED) is 0.800. The maximum absolute atomic E-state index is 13.2. The number of nitrogens with zero attached hydrogens (tertiary/aromatic N) is 3. The minimum atomic E-state index is -0.323. The Kier molecular flexibility index (Phi) is 5.45. The van der Waals surface area contributed by atoms with Crippen LogP contribution in [-0.2, 0) is 6.54 Å². The van der Waals surface area contributed by atoms with Crippen LogP contribution in [0.25, 0.3) is 11.4 Å². The van der Waals surface area contributed by atoms with Gasteiger partial charge in [0.05, 0.1) is 6.54 Å². The monoisotopic (exact) mass is 387 g/mol. The fourth-order valence-electron chi connectivity index (χ4n) is 3.78. The first-order valence-corrected chi connectivity index (χ1v) is 10.1. The fraction of sp³-hybridized carbons (Fsp3) is 0.550. The SMILES string of the molecule is O=C(NCCn1nc(-c2ccc(F)cc2)n(C2CC2)c1=O)NC1CCCCC1. The molecule has 28 heavy (non-hydrogen) atoms. The van der Waals surface area contributed by atoms with Gasteiger partial charge in [0.25, 0.3) is 0 Å². The summed E-state index contributed by atoms with van der Waals surface area (Å²) in [5.74, 6) is 0.232. The summed E-state index contributed by atoms with van der Waals surface area (Å²) in [6, 6.07) is 6.21. The highest BCUT2D eigenvalue weighted by atomic mass is 19.1. The number of benzene rings is 1. The van der Waals surface area contributed by atoms with E-state index in [-0.39, 0.29) is 29.6 Å². The van der Waals surface area contributed by atoms with Crippen molar-refractivity contribution in [1.82, 2.24) is 25.0 Å². The van der Waals surface area contributed by atoms with Crippen LogP contribution >= 0.6 is 0 Å². The lowest BCUT2D eigenvalue weighted by Crippen LogP contribution is -2.44. The third kappa shape index (κ3) is 4.26. The van der Waals surface area contributed by atoms with Gasteiger partial charge in [-0.1, -0.05) is 19.3 Å². The van der Waals surface area contributed by atoms with Gasteiger partial charge in [0.2, 0.25) is 0 Å². The molecule has 2 amide bonds. The Labute approximate surface area is 162 Å². The highest BCUT2D eigenvalue weighted by molar-refractivity contribution is 5.74. The molecule has 0 atom stereocenters. The molecule has 1 aromatic carbocycles. The molecule has 0 radical (unpaired) electrons. The van der Waals surface area contributed by atoms with Gasteiger partial charge in [0, 0.05) is 24.2 Å². The summed E-state index contributed by atoms with van der Waals surface area (Å²) in [6.45, 7) is 0.619. The van der Waals surface area contributed by atoms with Crippen LogP contribution in [0.2, 0.25) is 0 Å². The van der Waals surface area contributed by atoms with Crippen LogP contribution in [0.15, 0.2) is 29.1 Å². The number of nitrogens with one attached hydrogen (secondary N) is 2. The molecule has 0 bridgehead atoms. The molecule has 0 unspecified atom stereocenters. The van der Waals surface area contributed by atoms with Gasteiger partial charge in [-0.05, 0) is 49.9 Å². The van der Waals surface area contributed by atoms with Gasteiger partial charge >= 0.3 is 11.7 Å². The van der Waals surface area contributed by atoms with Crippen molar-refractivity contribution in [2.24, 2.45) is 0 Å². The van der Waals surface area contributed by atoms with E-state index < -0.39 is 0 Å². The maximum Gasteiger partial charge on any atom is 0.346 e. The smallest absolute Gasteiger partial charge is 0.336 e. The predicted octanol–water partition coefficient (Wildman–Crippen LogP) is 2.82. The molecule has 0 spiro atoms. The second-order valence-corrected chi connectivity index (χ2v) is 7.67. The van der Waals surface area contributed by atoms with Crippen LogP contribution in [0.3, 0.4) is 0 Å². The van der Waals surface area contributed by atoms with Crippen molar-refractivity contribution in [1.29, 1.82) is 0 Å². The maximum atomic E-state index is 13.2. The average molecular weight is 387 g/mol. The van der Waals surface area contributed by atoms with Crippen molar-refractivity contribution in [2.75, 3.05) is 6.54 Å². The fourth-order valence-corrected chi connectivity index (χ4v) is 3.78. The summed E-state index contributed by atoms with van der Waals surface area (Å²) in [6.07, 6.45) is 7.50. The molecule has 2 aliphatic carbocycles. The molecule has 2 fully saturated rings. The van der Waals surface area contributed by atoms with E-state index in [4.69, 9.17) is 0 Å². The van der Waals surface area contributed by atoms with Crippen LogP contribution in [-0.4, -0.2) is 33.0 Å². The van der Waals surface area contributed by atoms with E-state index in [0.29, 0.717) is 24.5 Å². The lowest BCUT2D eigenvalue weighted by Gasteiger charge is -2.22. The molecule has 4 rings (SSSR count). The van der Waals surface area contributed by atoms with Crippen LogP contribution in [0, 0.1) is 5.82 Å². The standard InChI is InChI=1S/C20H26FN5O2/c21-15-8-6-14(7-9-15)18-24-25(20(28)26(18)17-10-11-17)13-12-22-19(27)23-16-4-2-1-3-5-16/h6-9,16-17H,1-5,10-13H2,(H2,22,23,27). The minimum Gasteiger partial charge on any atom is -0.336 e. The van der Waals surface area contributed by atoms with E-state index in [1.807, 2.05) is 0 Å². The van der Waals surface area contributed by atoms with E-state index >= 15 is 0 Å². The number of hydrogen-bond acceptors (Lipinski definition) is 3. The van der Waals surface area contributed by atoms with Crippen molar-refractivity contribution >= 4 is 6.03 Å². The zero-order valence-corrected chi connectivity index (χ0v) is 15.9. The average Bonchev–Trinajstić information content (AvgIpc) is 3.48. The Balaban J connectivity index is 1.40. The van der Waals surface area contributed by atoms with Gasteiger partial charge in [-0.25, -0.2) is 18.7 Å². The van der Waals surface area contributed by atoms with Crippen molar-refractivity contribution < 1.29 is 9.18 Å². The van der Waals surface area contributed by atoms with E-state index in [1.165, 1.54) is 23.2 Å². The number of amides is 2. The molecule has 0 saturated heterocycles. The van der Waals surface area contributed by atoms with Gasteiger partial charge in [0.1, 0.15) is 5.82 Å². The zero-order valence-electron chi connectivity index (χ0n) is 15.9. The number of hydrogen-bond donors (Lipinski definition) is 2. The third-order valence-corrected chi connectivity index (χ3v) is 5.43. The molecule has 1 heterocycles. The molecule has 1 aromatic heterocycles. The number of aromatic nitrogens is 3. The Bertz CT molecular complexity index is 879. The molecule has 2 N–H and O–H groups in total. The number of carbonyl (C=O) groups excluding carboxylic acids is 1. The minimum absolute atomic E-state index is 0.156. The van der Waals surface area contributed by atoms with Gasteiger partial charge in [-0.15, -0.1) is 5.10 Å².